The molecule has 1 rings (SSSR count). The molecule has 0 fully saturated rings. The highest BCUT2D eigenvalue weighted by Gasteiger charge is 2.43. The van der Waals surface area contributed by atoms with Crippen LogP contribution in [0.25, 0.3) is 0 Å². The third-order valence-electron chi connectivity index (χ3n) is 3.07. The molecular weight excluding hydrogens is 302 g/mol. The van der Waals surface area contributed by atoms with Crippen LogP contribution in [-0.4, -0.2) is 22.7 Å². The summed E-state index contributed by atoms with van der Waals surface area (Å²) < 4.78 is 5.06. The molecule has 9 heteroatoms. The zero-order valence-electron chi connectivity index (χ0n) is 11.9. The molecule has 0 aliphatic heterocycles. The van der Waals surface area contributed by atoms with Gasteiger partial charge in [0.2, 0.25) is 5.60 Å². The molecule has 0 aliphatic rings. The van der Waals surface area contributed by atoms with Gasteiger partial charge >= 0.3 is 0 Å². The molecule has 0 aliphatic carbocycles. The van der Waals surface area contributed by atoms with Crippen molar-refractivity contribution in [2.24, 2.45) is 5.73 Å². The van der Waals surface area contributed by atoms with Crippen LogP contribution in [0.2, 0.25) is 0 Å². The van der Waals surface area contributed by atoms with Crippen molar-refractivity contribution in [3.8, 4) is 18.2 Å². The van der Waals surface area contributed by atoms with Gasteiger partial charge in [0.05, 0.1) is 10.6 Å². The van der Waals surface area contributed by atoms with Gasteiger partial charge in [0.1, 0.15) is 24.3 Å². The zero-order valence-corrected chi connectivity index (χ0v) is 11.9. The molecule has 2 unspecified atom stereocenters. The number of ether oxygens (including phenoxy) is 1. The van der Waals surface area contributed by atoms with E-state index in [1.807, 2.05) is 0 Å². The van der Waals surface area contributed by atoms with E-state index in [1.165, 1.54) is 36.4 Å². The largest absolute Gasteiger partial charge is 0.397 e. The maximum atomic E-state index is 10.8. The number of nitriles is 3. The second-order valence-corrected chi connectivity index (χ2v) is 4.36. The maximum absolute atomic E-state index is 10.8. The molecule has 0 aromatic heterocycles. The van der Waals surface area contributed by atoms with Gasteiger partial charge in [-0.05, 0) is 5.56 Å². The molecule has 0 bridgehead atoms. The molecule has 0 radical (unpaired) electrons. The Morgan fingerprint density at radius 2 is 2.04 bits per heavy atom. The highest BCUT2D eigenvalue weighted by Crippen LogP contribution is 2.35. The van der Waals surface area contributed by atoms with Crippen molar-refractivity contribution in [1.29, 1.82) is 15.8 Å². The van der Waals surface area contributed by atoms with Crippen molar-refractivity contribution in [2.45, 2.75) is 11.7 Å². The van der Waals surface area contributed by atoms with Crippen molar-refractivity contribution < 1.29 is 14.8 Å². The summed E-state index contributed by atoms with van der Waals surface area (Å²) in [6.07, 6.45) is -1.44. The third-order valence-corrected chi connectivity index (χ3v) is 3.07. The Morgan fingerprint density at radius 1 is 1.43 bits per heavy atom. The minimum absolute atomic E-state index is 0.0870. The summed E-state index contributed by atoms with van der Waals surface area (Å²) in [4.78, 5) is 10.2. The number of aliphatic hydroxyl groups is 1. The molecule has 1 aromatic carbocycles. The van der Waals surface area contributed by atoms with Gasteiger partial charge in [0, 0.05) is 19.2 Å². The molecule has 2 atom stereocenters. The normalized spacial score (nSPS) is 13.5. The minimum Gasteiger partial charge on any atom is -0.397 e. The minimum atomic E-state index is -2.55. The van der Waals surface area contributed by atoms with Gasteiger partial charge in [0.25, 0.3) is 5.69 Å². The number of nitro groups is 1. The van der Waals surface area contributed by atoms with Gasteiger partial charge < -0.3 is 15.6 Å². The molecule has 3 N–H and O–H groups in total. The second-order valence-electron chi connectivity index (χ2n) is 4.36. The molecule has 1 aromatic rings. The van der Waals surface area contributed by atoms with E-state index in [-0.39, 0.29) is 11.3 Å². The van der Waals surface area contributed by atoms with Crippen LogP contribution in [0.3, 0.4) is 0 Å². The van der Waals surface area contributed by atoms with Crippen molar-refractivity contribution in [2.75, 3.05) is 7.11 Å². The van der Waals surface area contributed by atoms with Gasteiger partial charge in [-0.15, -0.1) is 0 Å². The van der Waals surface area contributed by atoms with E-state index >= 15 is 0 Å². The topological polar surface area (TPSA) is 170 Å². The van der Waals surface area contributed by atoms with Crippen LogP contribution in [0.5, 0.6) is 0 Å². The standard InChI is InChI=1S/C14H11N5O4/c1-23-13(9-3-2-4-11(5-9)19(21)22)14(20,8-17)12(18)10(6-15)7-16/h2-5,13,20H,18H2,1H3. The Balaban J connectivity index is 3.54. The van der Waals surface area contributed by atoms with Crippen molar-refractivity contribution in [1.82, 2.24) is 0 Å². The summed E-state index contributed by atoms with van der Waals surface area (Å²) in [6, 6.07) is 9.48. The first-order valence-electron chi connectivity index (χ1n) is 6.06. The summed E-state index contributed by atoms with van der Waals surface area (Å²) in [5.74, 6) is 0. The van der Waals surface area contributed by atoms with Gasteiger partial charge in [-0.1, -0.05) is 12.1 Å². The fourth-order valence-electron chi connectivity index (χ4n) is 1.95. The fourth-order valence-corrected chi connectivity index (χ4v) is 1.95. The lowest BCUT2D eigenvalue weighted by Gasteiger charge is -2.29. The van der Waals surface area contributed by atoms with Gasteiger partial charge in [-0.3, -0.25) is 10.1 Å². The number of nitrogens with two attached hydrogens (primary N) is 1. The smallest absolute Gasteiger partial charge is 0.269 e. The monoisotopic (exact) mass is 313 g/mol. The van der Waals surface area contributed by atoms with Crippen LogP contribution in [0.4, 0.5) is 5.69 Å². The number of allylic oxidation sites excluding steroid dienone is 1. The lowest BCUT2D eigenvalue weighted by atomic mass is 9.87. The first-order valence-corrected chi connectivity index (χ1v) is 6.06. The van der Waals surface area contributed by atoms with Crippen LogP contribution < -0.4 is 5.73 Å². The first-order chi connectivity index (χ1) is 10.8. The Hall–Kier alpha value is -3.45. The number of non-ortho nitro benzene ring substituents is 1. The zero-order chi connectivity index (χ0) is 17.6. The molecule has 0 spiro atoms. The predicted octanol–water partition coefficient (Wildman–Crippen LogP) is 0.797. The molecule has 116 valence electrons. The highest BCUT2D eigenvalue weighted by molar-refractivity contribution is 5.48. The molecule has 0 amide bonds. The van der Waals surface area contributed by atoms with Crippen LogP contribution in [0, 0.1) is 44.1 Å². The number of hydrogen-bond donors (Lipinski definition) is 2. The Kier molecular flexibility index (Phi) is 5.36. The molecule has 9 nitrogen and oxygen atoms in total. The number of benzene rings is 1. The quantitative estimate of drug-likeness (QED) is 0.347. The summed E-state index contributed by atoms with van der Waals surface area (Å²) in [5.41, 5.74) is 1.50. The van der Waals surface area contributed by atoms with Crippen LogP contribution in [-0.2, 0) is 4.74 Å². The number of nitrogens with zero attached hydrogens (tertiary/aromatic N) is 4. The first kappa shape index (κ1) is 17.6. The van der Waals surface area contributed by atoms with Gasteiger partial charge in [-0.25, -0.2) is 0 Å². The van der Waals surface area contributed by atoms with Crippen molar-refractivity contribution in [3.63, 3.8) is 0 Å². The summed E-state index contributed by atoms with van der Waals surface area (Å²) >= 11 is 0. The van der Waals surface area contributed by atoms with Crippen molar-refractivity contribution >= 4 is 5.69 Å². The molecule has 0 saturated carbocycles. The number of hydrogen-bond acceptors (Lipinski definition) is 8. The third kappa shape index (κ3) is 3.25. The van der Waals surface area contributed by atoms with E-state index in [4.69, 9.17) is 21.0 Å². The molecule has 23 heavy (non-hydrogen) atoms. The van der Waals surface area contributed by atoms with Crippen LogP contribution in [0.1, 0.15) is 11.7 Å². The highest BCUT2D eigenvalue weighted by atomic mass is 16.6. The number of rotatable bonds is 5. The average molecular weight is 313 g/mol. The van der Waals surface area contributed by atoms with Gasteiger partial charge in [0.15, 0.2) is 5.57 Å². The average Bonchev–Trinajstić information content (AvgIpc) is 2.56. The summed E-state index contributed by atoms with van der Waals surface area (Å²) in [7, 11) is 1.15. The lowest BCUT2D eigenvalue weighted by molar-refractivity contribution is -0.385. The van der Waals surface area contributed by atoms with E-state index < -0.39 is 27.9 Å². The van der Waals surface area contributed by atoms with E-state index in [9.17, 15) is 20.5 Å². The van der Waals surface area contributed by atoms with Crippen LogP contribution >= 0.6 is 0 Å². The van der Waals surface area contributed by atoms with E-state index in [1.54, 1.807) is 0 Å². The Bertz CT molecular complexity index is 768. The Morgan fingerprint density at radius 3 is 2.48 bits per heavy atom. The van der Waals surface area contributed by atoms with E-state index in [0.29, 0.717) is 0 Å². The predicted molar refractivity (Wildman–Crippen MR) is 75.8 cm³/mol. The number of methoxy groups -OCH3 is 1. The summed E-state index contributed by atoms with van der Waals surface area (Å²) in [6.45, 7) is 0. The SMILES string of the molecule is COC(c1cccc([N+](=O)[O-])c1)C(O)(C#N)C(N)=C(C#N)C#N. The van der Waals surface area contributed by atoms with E-state index in [0.717, 1.165) is 13.2 Å². The molecular formula is C14H11N5O4. The Labute approximate surface area is 131 Å². The molecule has 0 heterocycles. The number of nitro benzene ring substituents is 1. The molecule has 0 saturated heterocycles. The lowest BCUT2D eigenvalue weighted by Crippen LogP contribution is -2.42. The second kappa shape index (κ2) is 7.01. The van der Waals surface area contributed by atoms with Crippen LogP contribution in [0.15, 0.2) is 35.5 Å². The maximum Gasteiger partial charge on any atom is 0.269 e. The van der Waals surface area contributed by atoms with Gasteiger partial charge in [-0.2, -0.15) is 15.8 Å². The fraction of sp³-hybridized carbons (Fsp3) is 0.214. The van der Waals surface area contributed by atoms with E-state index in [2.05, 4.69) is 0 Å². The van der Waals surface area contributed by atoms with Crippen molar-refractivity contribution in [3.05, 3.63) is 51.2 Å². The summed E-state index contributed by atoms with van der Waals surface area (Å²) in [5, 5.41) is 48.3.